The van der Waals surface area contributed by atoms with Crippen LogP contribution >= 0.6 is 0 Å². The minimum absolute atomic E-state index is 0.165. The molecule has 1 aromatic carbocycles. The number of nitrogens with two attached hydrogens (primary N) is 1. The van der Waals surface area contributed by atoms with Gasteiger partial charge in [-0.1, -0.05) is 23.8 Å². The Balaban J connectivity index is 2.01. The van der Waals surface area contributed by atoms with Gasteiger partial charge in [-0.15, -0.1) is 0 Å². The highest BCUT2D eigenvalue weighted by Gasteiger charge is 2.29. The number of carbonyl (C=O) groups excluding carboxylic acids is 1. The van der Waals surface area contributed by atoms with Gasteiger partial charge < -0.3 is 5.73 Å². The molecule has 0 aliphatic carbocycles. The number of nitrogens with zero attached hydrogens (tertiary/aromatic N) is 3. The van der Waals surface area contributed by atoms with Gasteiger partial charge in [0.1, 0.15) is 5.82 Å². The quantitative estimate of drug-likeness (QED) is 0.920. The van der Waals surface area contributed by atoms with Crippen molar-refractivity contribution >= 4 is 5.91 Å². The van der Waals surface area contributed by atoms with Crippen LogP contribution in [0.5, 0.6) is 0 Å². The van der Waals surface area contributed by atoms with E-state index in [9.17, 15) is 9.59 Å². The van der Waals surface area contributed by atoms with Gasteiger partial charge in [0.15, 0.2) is 0 Å². The van der Waals surface area contributed by atoms with E-state index in [2.05, 4.69) is 11.2 Å². The maximum atomic E-state index is 12.5. The van der Waals surface area contributed by atoms with E-state index in [1.165, 1.54) is 4.68 Å². The third-order valence-electron chi connectivity index (χ3n) is 4.31. The number of hydrogen-bond donors (Lipinski definition) is 1. The van der Waals surface area contributed by atoms with Crippen molar-refractivity contribution in [1.29, 1.82) is 0 Å². The van der Waals surface area contributed by atoms with Crippen LogP contribution in [-0.4, -0.2) is 20.3 Å². The first-order valence-electron chi connectivity index (χ1n) is 7.50. The van der Waals surface area contributed by atoms with Gasteiger partial charge in [-0.05, 0) is 37.8 Å². The second kappa shape index (κ2) is 5.44. The highest BCUT2D eigenvalue weighted by molar-refractivity contribution is 5.81. The summed E-state index contributed by atoms with van der Waals surface area (Å²) in [5.74, 6) is -0.361. The molecule has 1 unspecified atom stereocenters. The number of benzene rings is 1. The zero-order chi connectivity index (χ0) is 15.9. The van der Waals surface area contributed by atoms with Crippen molar-refractivity contribution < 1.29 is 4.79 Å². The fourth-order valence-corrected chi connectivity index (χ4v) is 3.01. The van der Waals surface area contributed by atoms with Gasteiger partial charge in [0.25, 0.3) is 0 Å². The first-order chi connectivity index (χ1) is 10.5. The van der Waals surface area contributed by atoms with Crippen LogP contribution in [0.25, 0.3) is 0 Å². The molecule has 22 heavy (non-hydrogen) atoms. The number of carbonyl (C=O) groups is 1. The number of hydrogen-bond acceptors (Lipinski definition) is 3. The Hall–Kier alpha value is -2.37. The Morgan fingerprint density at radius 1 is 1.41 bits per heavy atom. The molecule has 6 heteroatoms. The zero-order valence-electron chi connectivity index (χ0n) is 12.9. The third kappa shape index (κ3) is 2.45. The Bertz CT molecular complexity index is 788. The van der Waals surface area contributed by atoms with E-state index in [0.29, 0.717) is 25.3 Å². The summed E-state index contributed by atoms with van der Waals surface area (Å²) in [5.41, 5.74) is 8.60. The molecule has 1 aliphatic rings. The van der Waals surface area contributed by atoms with E-state index in [1.54, 1.807) is 4.57 Å². The minimum atomic E-state index is -0.457. The Labute approximate surface area is 128 Å². The lowest BCUT2D eigenvalue weighted by Crippen LogP contribution is -2.32. The Kier molecular flexibility index (Phi) is 3.60. The SMILES string of the molecule is Cc1ccc(C)c(Cn2nc3n(c2=O)CCCC3C(N)=O)c1. The smallest absolute Gasteiger partial charge is 0.346 e. The van der Waals surface area contributed by atoms with E-state index >= 15 is 0 Å². The molecule has 0 radical (unpaired) electrons. The molecule has 0 spiro atoms. The number of aryl methyl sites for hydroxylation is 2. The van der Waals surface area contributed by atoms with Gasteiger partial charge in [0.2, 0.25) is 5.91 Å². The van der Waals surface area contributed by atoms with Crippen molar-refractivity contribution in [1.82, 2.24) is 14.3 Å². The number of aromatic nitrogens is 3. The first-order valence-corrected chi connectivity index (χ1v) is 7.50. The minimum Gasteiger partial charge on any atom is -0.369 e. The molecule has 116 valence electrons. The van der Waals surface area contributed by atoms with E-state index in [-0.39, 0.29) is 5.69 Å². The molecular formula is C16H20N4O2. The molecule has 3 rings (SSSR count). The predicted molar refractivity (Wildman–Crippen MR) is 82.7 cm³/mol. The van der Waals surface area contributed by atoms with Crippen molar-refractivity contribution in [3.05, 3.63) is 51.2 Å². The van der Waals surface area contributed by atoms with Crippen molar-refractivity contribution in [2.75, 3.05) is 0 Å². The fourth-order valence-electron chi connectivity index (χ4n) is 3.01. The van der Waals surface area contributed by atoms with Crippen molar-refractivity contribution in [2.45, 2.75) is 45.7 Å². The Morgan fingerprint density at radius 2 is 2.18 bits per heavy atom. The van der Waals surface area contributed by atoms with Crippen LogP contribution in [0.3, 0.4) is 0 Å². The summed E-state index contributed by atoms with van der Waals surface area (Å²) in [4.78, 5) is 24.0. The molecule has 6 nitrogen and oxygen atoms in total. The monoisotopic (exact) mass is 300 g/mol. The Morgan fingerprint density at radius 3 is 2.91 bits per heavy atom. The molecule has 0 bridgehead atoms. The number of fused-ring (bicyclic) bond motifs is 1. The van der Waals surface area contributed by atoms with Gasteiger partial charge >= 0.3 is 5.69 Å². The molecule has 1 atom stereocenters. The molecule has 0 fully saturated rings. The highest BCUT2D eigenvalue weighted by Crippen LogP contribution is 2.24. The zero-order valence-corrected chi connectivity index (χ0v) is 12.9. The largest absolute Gasteiger partial charge is 0.369 e. The summed E-state index contributed by atoms with van der Waals surface area (Å²) in [6.07, 6.45) is 1.44. The molecule has 2 aromatic rings. The third-order valence-corrected chi connectivity index (χ3v) is 4.31. The van der Waals surface area contributed by atoms with Gasteiger partial charge in [0, 0.05) is 6.54 Å². The second-order valence-corrected chi connectivity index (χ2v) is 5.98. The summed E-state index contributed by atoms with van der Waals surface area (Å²) in [6, 6.07) is 6.15. The van der Waals surface area contributed by atoms with E-state index < -0.39 is 11.8 Å². The first kappa shape index (κ1) is 14.6. The summed E-state index contributed by atoms with van der Waals surface area (Å²) < 4.78 is 3.03. The summed E-state index contributed by atoms with van der Waals surface area (Å²) in [6.45, 7) is 5.05. The average molecular weight is 300 g/mol. The molecule has 1 aliphatic heterocycles. The van der Waals surface area contributed by atoms with Crippen LogP contribution in [0, 0.1) is 13.8 Å². The van der Waals surface area contributed by atoms with Gasteiger partial charge in [-0.2, -0.15) is 5.10 Å². The van der Waals surface area contributed by atoms with Gasteiger partial charge in [0.05, 0.1) is 12.5 Å². The van der Waals surface area contributed by atoms with Crippen LogP contribution in [0.15, 0.2) is 23.0 Å². The van der Waals surface area contributed by atoms with Crippen LogP contribution < -0.4 is 11.4 Å². The van der Waals surface area contributed by atoms with Crippen molar-refractivity contribution in [3.8, 4) is 0 Å². The molecule has 1 aromatic heterocycles. The average Bonchev–Trinajstić information content (AvgIpc) is 2.79. The van der Waals surface area contributed by atoms with Crippen LogP contribution in [0.2, 0.25) is 0 Å². The normalized spacial score (nSPS) is 17.3. The van der Waals surface area contributed by atoms with Crippen LogP contribution in [-0.2, 0) is 17.9 Å². The second-order valence-electron chi connectivity index (χ2n) is 5.98. The van der Waals surface area contributed by atoms with E-state index in [1.807, 2.05) is 26.0 Å². The van der Waals surface area contributed by atoms with Crippen LogP contribution in [0.4, 0.5) is 0 Å². The molecule has 2 N–H and O–H groups in total. The van der Waals surface area contributed by atoms with Crippen molar-refractivity contribution in [2.24, 2.45) is 5.73 Å². The topological polar surface area (TPSA) is 82.9 Å². The summed E-state index contributed by atoms with van der Waals surface area (Å²) in [7, 11) is 0. The van der Waals surface area contributed by atoms with Gasteiger partial charge in [-0.3, -0.25) is 9.36 Å². The lowest BCUT2D eigenvalue weighted by Gasteiger charge is -2.18. The molecule has 2 heterocycles. The van der Waals surface area contributed by atoms with Crippen LogP contribution in [0.1, 0.15) is 41.3 Å². The molecule has 0 saturated carbocycles. The maximum absolute atomic E-state index is 12.5. The number of primary amides is 1. The maximum Gasteiger partial charge on any atom is 0.346 e. The van der Waals surface area contributed by atoms with E-state index in [0.717, 1.165) is 23.1 Å². The lowest BCUT2D eigenvalue weighted by molar-refractivity contribution is -0.120. The number of rotatable bonds is 3. The summed E-state index contributed by atoms with van der Waals surface area (Å²) in [5, 5.41) is 4.39. The fraction of sp³-hybridized carbons (Fsp3) is 0.438. The standard InChI is InChI=1S/C16H20N4O2/c1-10-5-6-11(2)12(8-10)9-20-16(22)19-7-3-4-13(14(17)21)15(19)18-20/h5-6,8,13H,3-4,7,9H2,1-2H3,(H2,17,21). The predicted octanol–water partition coefficient (Wildman–Crippen LogP) is 1.07. The number of amides is 1. The molecular weight excluding hydrogens is 280 g/mol. The van der Waals surface area contributed by atoms with E-state index in [4.69, 9.17) is 5.73 Å². The molecule has 1 amide bonds. The highest BCUT2D eigenvalue weighted by atomic mass is 16.2. The van der Waals surface area contributed by atoms with Gasteiger partial charge in [-0.25, -0.2) is 9.48 Å². The summed E-state index contributed by atoms with van der Waals surface area (Å²) >= 11 is 0. The lowest BCUT2D eigenvalue weighted by atomic mass is 9.98. The van der Waals surface area contributed by atoms with Crippen molar-refractivity contribution in [3.63, 3.8) is 0 Å². The molecule has 0 saturated heterocycles.